The molecule has 34 heavy (non-hydrogen) atoms. The first-order valence-electron chi connectivity index (χ1n) is 11.7. The zero-order valence-corrected chi connectivity index (χ0v) is 19.9. The minimum Gasteiger partial charge on any atom is -0.469 e. The maximum absolute atomic E-state index is 12.8. The van der Waals surface area contributed by atoms with Crippen molar-refractivity contribution in [2.24, 2.45) is 0 Å². The van der Waals surface area contributed by atoms with Crippen LogP contribution in [-0.2, 0) is 6.54 Å². The van der Waals surface area contributed by atoms with Gasteiger partial charge in [0.05, 0.1) is 12.8 Å². The Hall–Kier alpha value is -3.10. The van der Waals surface area contributed by atoms with Crippen LogP contribution in [0.5, 0.6) is 0 Å². The van der Waals surface area contributed by atoms with Gasteiger partial charge in [-0.25, -0.2) is 4.98 Å². The van der Waals surface area contributed by atoms with Crippen molar-refractivity contribution in [1.29, 1.82) is 0 Å². The number of furan rings is 1. The minimum atomic E-state index is -0.0839. The normalized spacial score (nSPS) is 18.9. The maximum Gasteiger partial charge on any atom is 0.252 e. The van der Waals surface area contributed by atoms with Gasteiger partial charge in [-0.05, 0) is 49.7 Å². The van der Waals surface area contributed by atoms with Crippen LogP contribution in [0.25, 0.3) is 11.0 Å². The van der Waals surface area contributed by atoms with Crippen LogP contribution in [0, 0.1) is 0 Å². The highest BCUT2D eigenvalue weighted by atomic mass is 32.2. The molecule has 1 unspecified atom stereocenters. The minimum absolute atomic E-state index is 0.0839. The van der Waals surface area contributed by atoms with E-state index in [1.807, 2.05) is 17.8 Å². The monoisotopic (exact) mass is 473 g/mol. The fourth-order valence-corrected chi connectivity index (χ4v) is 5.94. The van der Waals surface area contributed by atoms with Crippen molar-refractivity contribution in [3.63, 3.8) is 0 Å². The highest BCUT2D eigenvalue weighted by Crippen LogP contribution is 2.42. The van der Waals surface area contributed by atoms with Crippen molar-refractivity contribution in [3.05, 3.63) is 82.2 Å². The Kier molecular flexibility index (Phi) is 5.63. The fraction of sp³-hybridized carbons (Fsp3) is 0.346. The third kappa shape index (κ3) is 4.35. The van der Waals surface area contributed by atoms with Crippen molar-refractivity contribution in [3.8, 4) is 0 Å². The molecule has 7 nitrogen and oxygen atoms in total. The molecule has 174 valence electrons. The third-order valence-corrected chi connectivity index (χ3v) is 7.83. The van der Waals surface area contributed by atoms with Crippen LogP contribution >= 0.6 is 11.8 Å². The smallest absolute Gasteiger partial charge is 0.252 e. The number of fused-ring (bicyclic) bond motifs is 1. The van der Waals surface area contributed by atoms with E-state index in [1.165, 1.54) is 5.56 Å². The molecule has 2 aliphatic rings. The van der Waals surface area contributed by atoms with Gasteiger partial charge in [-0.15, -0.1) is 0 Å². The Balaban J connectivity index is 1.26. The van der Waals surface area contributed by atoms with E-state index in [1.54, 1.807) is 29.2 Å². The summed E-state index contributed by atoms with van der Waals surface area (Å²) in [5.41, 5.74) is 3.84. The number of nitrogens with zero attached hydrogens (tertiary/aromatic N) is 4. The Morgan fingerprint density at radius 1 is 1.15 bits per heavy atom. The molecule has 1 aliphatic carbocycles. The second-order valence-electron chi connectivity index (χ2n) is 9.18. The first-order chi connectivity index (χ1) is 16.6. The van der Waals surface area contributed by atoms with E-state index in [9.17, 15) is 4.79 Å². The molecule has 6 rings (SSSR count). The molecular weight excluding hydrogens is 446 g/mol. The van der Waals surface area contributed by atoms with Crippen LogP contribution in [0.3, 0.4) is 0 Å². The predicted molar refractivity (Wildman–Crippen MR) is 136 cm³/mol. The van der Waals surface area contributed by atoms with E-state index in [0.29, 0.717) is 29.3 Å². The predicted octanol–water partition coefficient (Wildman–Crippen LogP) is 4.77. The van der Waals surface area contributed by atoms with Crippen molar-refractivity contribution < 1.29 is 4.42 Å². The Morgan fingerprint density at radius 3 is 2.79 bits per heavy atom. The third-order valence-electron chi connectivity index (χ3n) is 6.59. The molecule has 0 spiro atoms. The Morgan fingerprint density at radius 2 is 2.00 bits per heavy atom. The zero-order valence-electron chi connectivity index (χ0n) is 19.1. The number of aromatic nitrogens is 3. The fourth-order valence-electron chi connectivity index (χ4n) is 4.53. The van der Waals surface area contributed by atoms with Crippen LogP contribution in [0.4, 0.5) is 11.6 Å². The summed E-state index contributed by atoms with van der Waals surface area (Å²) in [4.78, 5) is 24.4. The van der Waals surface area contributed by atoms with Gasteiger partial charge in [0.2, 0.25) is 5.95 Å². The average Bonchev–Trinajstić information content (AvgIpc) is 3.59. The number of hydrogen-bond acceptors (Lipinski definition) is 7. The largest absolute Gasteiger partial charge is 0.469 e. The van der Waals surface area contributed by atoms with Gasteiger partial charge in [-0.3, -0.25) is 9.36 Å². The summed E-state index contributed by atoms with van der Waals surface area (Å²) < 4.78 is 7.42. The van der Waals surface area contributed by atoms with Gasteiger partial charge < -0.3 is 14.6 Å². The van der Waals surface area contributed by atoms with E-state index in [-0.39, 0.29) is 5.56 Å². The van der Waals surface area contributed by atoms with Gasteiger partial charge in [-0.1, -0.05) is 12.1 Å². The number of hydrogen-bond donors (Lipinski definition) is 1. The molecule has 4 heterocycles. The lowest BCUT2D eigenvalue weighted by Crippen LogP contribution is -2.30. The number of thioether (sulfide) groups is 1. The summed E-state index contributed by atoms with van der Waals surface area (Å²) in [7, 11) is 2.18. The zero-order chi connectivity index (χ0) is 23.1. The summed E-state index contributed by atoms with van der Waals surface area (Å²) >= 11 is 2.02. The summed E-state index contributed by atoms with van der Waals surface area (Å²) in [5, 5.41) is 4.64. The molecule has 2 fully saturated rings. The molecule has 1 atom stereocenters. The summed E-state index contributed by atoms with van der Waals surface area (Å²) in [6, 6.07) is 13.8. The number of benzene rings is 1. The Bertz CT molecular complexity index is 1380. The van der Waals surface area contributed by atoms with Gasteiger partial charge in [0.1, 0.15) is 11.4 Å². The van der Waals surface area contributed by atoms with Gasteiger partial charge in [0.15, 0.2) is 0 Å². The lowest BCUT2D eigenvalue weighted by atomic mass is 10.1. The highest BCUT2D eigenvalue weighted by Gasteiger charge is 2.29. The van der Waals surface area contributed by atoms with Crippen LogP contribution in [-0.4, -0.2) is 45.3 Å². The standard InChI is InChI=1S/C26H27N5O2S/c1-30-11-13-34-22(16-30)17-4-7-21(8-5-17)28-26-27-14-19-6-9-23(32)31(25(19)29-26)15-20-10-12-33-24(20)18-2-3-18/h4-10,12,14,18,22H,2-3,11,13,15-16H2,1H3,(H,27,28,29). The lowest BCUT2D eigenvalue weighted by molar-refractivity contribution is 0.347. The van der Waals surface area contributed by atoms with Crippen LogP contribution in [0.1, 0.15) is 40.9 Å². The van der Waals surface area contributed by atoms with Gasteiger partial charge >= 0.3 is 0 Å². The molecule has 1 saturated carbocycles. The van der Waals surface area contributed by atoms with Crippen molar-refractivity contribution in [2.75, 3.05) is 31.2 Å². The number of pyridine rings is 1. The molecule has 3 aromatic heterocycles. The lowest BCUT2D eigenvalue weighted by Gasteiger charge is -2.29. The van der Waals surface area contributed by atoms with Crippen molar-refractivity contribution >= 4 is 34.4 Å². The van der Waals surface area contributed by atoms with E-state index in [0.717, 1.165) is 54.1 Å². The van der Waals surface area contributed by atoms with Crippen molar-refractivity contribution in [2.45, 2.75) is 30.6 Å². The molecule has 4 aromatic rings. The van der Waals surface area contributed by atoms with E-state index in [4.69, 9.17) is 9.40 Å². The van der Waals surface area contributed by atoms with Crippen LogP contribution in [0.15, 0.2) is 64.1 Å². The molecule has 0 bridgehead atoms. The van der Waals surface area contributed by atoms with Gasteiger partial charge in [0, 0.05) is 58.9 Å². The quantitative estimate of drug-likeness (QED) is 0.432. The molecule has 1 aliphatic heterocycles. The second kappa shape index (κ2) is 8.92. The molecule has 8 heteroatoms. The second-order valence-corrected chi connectivity index (χ2v) is 10.5. The number of rotatable bonds is 6. The molecule has 1 N–H and O–H groups in total. The molecular formula is C26H27N5O2S. The first kappa shape index (κ1) is 21.4. The van der Waals surface area contributed by atoms with Crippen LogP contribution < -0.4 is 10.9 Å². The van der Waals surface area contributed by atoms with E-state index < -0.39 is 0 Å². The molecule has 1 saturated heterocycles. The SMILES string of the molecule is CN1CCSC(c2ccc(Nc3ncc4ccc(=O)n(Cc5ccoc5C5CC5)c4n3)cc2)C1. The van der Waals surface area contributed by atoms with Crippen LogP contribution in [0.2, 0.25) is 0 Å². The van der Waals surface area contributed by atoms with Gasteiger partial charge in [0.25, 0.3) is 5.56 Å². The van der Waals surface area contributed by atoms with E-state index in [2.05, 4.69) is 46.5 Å². The molecule has 1 aromatic carbocycles. The number of likely N-dealkylation sites (N-methyl/N-ethyl adjacent to an activating group) is 1. The highest BCUT2D eigenvalue weighted by molar-refractivity contribution is 7.99. The van der Waals surface area contributed by atoms with Crippen molar-refractivity contribution in [1.82, 2.24) is 19.4 Å². The summed E-state index contributed by atoms with van der Waals surface area (Å²) in [5.74, 6) is 3.12. The Labute approximate surface area is 202 Å². The number of nitrogens with one attached hydrogen (secondary N) is 1. The summed E-state index contributed by atoms with van der Waals surface area (Å²) in [6.45, 7) is 2.66. The molecule has 0 amide bonds. The van der Waals surface area contributed by atoms with E-state index >= 15 is 0 Å². The topological polar surface area (TPSA) is 76.2 Å². The van der Waals surface area contributed by atoms with Gasteiger partial charge in [-0.2, -0.15) is 16.7 Å². The first-order valence-corrected chi connectivity index (χ1v) is 12.8. The maximum atomic E-state index is 12.8. The number of anilines is 2. The average molecular weight is 474 g/mol. The summed E-state index contributed by atoms with van der Waals surface area (Å²) in [6.07, 6.45) is 5.78. The molecule has 0 radical (unpaired) electrons.